The molecule has 2 N–H and O–H groups in total. The van der Waals surface area contributed by atoms with Gasteiger partial charge in [0.15, 0.2) is 0 Å². The van der Waals surface area contributed by atoms with Crippen LogP contribution in [-0.4, -0.2) is 35.6 Å². The molecule has 0 heterocycles. The van der Waals surface area contributed by atoms with Crippen molar-refractivity contribution in [1.29, 1.82) is 0 Å². The first-order valence-electron chi connectivity index (χ1n) is 11.3. The van der Waals surface area contributed by atoms with E-state index in [1.165, 1.54) is 51.4 Å². The summed E-state index contributed by atoms with van der Waals surface area (Å²) in [5.41, 5.74) is -0.222. The van der Waals surface area contributed by atoms with E-state index in [2.05, 4.69) is 6.92 Å². The normalized spacial score (nSPS) is 52.5. The summed E-state index contributed by atoms with van der Waals surface area (Å²) in [7, 11) is 1.71. The fourth-order valence-corrected chi connectivity index (χ4v) is 8.39. The van der Waals surface area contributed by atoms with Crippen LogP contribution in [0.15, 0.2) is 0 Å². The van der Waals surface area contributed by atoms with Gasteiger partial charge in [-0.15, -0.1) is 0 Å². The van der Waals surface area contributed by atoms with Gasteiger partial charge in [-0.25, -0.2) is 0 Å². The van der Waals surface area contributed by atoms with Crippen molar-refractivity contribution in [2.75, 3.05) is 13.7 Å². The van der Waals surface area contributed by atoms with Gasteiger partial charge in [0.05, 0.1) is 18.3 Å². The van der Waals surface area contributed by atoms with Crippen LogP contribution in [0.2, 0.25) is 0 Å². The van der Waals surface area contributed by atoms with Crippen LogP contribution in [-0.2, 0) is 4.74 Å². The minimum absolute atomic E-state index is 0.158. The van der Waals surface area contributed by atoms with E-state index in [1.807, 2.05) is 6.92 Å². The van der Waals surface area contributed by atoms with Gasteiger partial charge >= 0.3 is 0 Å². The zero-order valence-corrected chi connectivity index (χ0v) is 17.1. The molecule has 4 fully saturated rings. The van der Waals surface area contributed by atoms with Gasteiger partial charge in [-0.2, -0.15) is 0 Å². The van der Waals surface area contributed by atoms with Gasteiger partial charge < -0.3 is 14.9 Å². The molecule has 0 radical (unpaired) electrons. The molecule has 26 heavy (non-hydrogen) atoms. The smallest absolute Gasteiger partial charge is 0.0882 e. The molecule has 0 amide bonds. The van der Waals surface area contributed by atoms with Gasteiger partial charge in [0, 0.05) is 7.11 Å². The second-order valence-corrected chi connectivity index (χ2v) is 10.7. The maximum atomic E-state index is 10.9. The predicted molar refractivity (Wildman–Crippen MR) is 104 cm³/mol. The minimum atomic E-state index is -0.575. The fourth-order valence-electron chi connectivity index (χ4n) is 8.39. The number of hydrogen-bond donors (Lipinski definition) is 2. The van der Waals surface area contributed by atoms with Crippen LogP contribution in [0.1, 0.15) is 78.1 Å². The van der Waals surface area contributed by atoms with Crippen molar-refractivity contribution in [3.05, 3.63) is 0 Å². The summed E-state index contributed by atoms with van der Waals surface area (Å²) in [6.07, 6.45) is 12.1. The summed E-state index contributed by atoms with van der Waals surface area (Å²) in [5, 5.41) is 21.3. The molecule has 4 rings (SSSR count). The van der Waals surface area contributed by atoms with E-state index in [0.29, 0.717) is 23.9 Å². The Labute approximate surface area is 159 Å². The standard InChI is InChI=1S/C23H40O3/c1-15(24)20-5-4-6-21-19-8-7-16-13-23(25,14-26-3)12-10-17(16)18(19)9-11-22(20,21)2/h15-21,24-25H,4-14H2,1-3H3/t15?,16-,17-,18+,19+,20+,21-,22+,23+/m0/s1. The molecular weight excluding hydrogens is 324 g/mol. The number of rotatable bonds is 3. The molecule has 4 aliphatic rings. The van der Waals surface area contributed by atoms with Crippen molar-refractivity contribution in [2.24, 2.45) is 40.9 Å². The highest BCUT2D eigenvalue weighted by Crippen LogP contribution is 2.63. The molecule has 0 aromatic carbocycles. The Balaban J connectivity index is 1.51. The molecule has 1 unspecified atom stereocenters. The van der Waals surface area contributed by atoms with Gasteiger partial charge in [0.1, 0.15) is 0 Å². The molecule has 0 aromatic heterocycles. The average molecular weight is 365 g/mol. The van der Waals surface area contributed by atoms with Crippen LogP contribution in [0, 0.1) is 40.9 Å². The molecule has 3 heteroatoms. The number of fused-ring (bicyclic) bond motifs is 5. The van der Waals surface area contributed by atoms with Gasteiger partial charge in [-0.1, -0.05) is 13.3 Å². The lowest BCUT2D eigenvalue weighted by atomic mass is 9.44. The summed E-state index contributed by atoms with van der Waals surface area (Å²) in [4.78, 5) is 0. The number of aliphatic hydroxyl groups is 2. The Morgan fingerprint density at radius 1 is 1.00 bits per heavy atom. The predicted octanol–water partition coefficient (Wildman–Crippen LogP) is 4.40. The lowest BCUT2D eigenvalue weighted by Crippen LogP contribution is -2.55. The highest BCUT2D eigenvalue weighted by Gasteiger charge is 2.56. The first-order chi connectivity index (χ1) is 12.4. The summed E-state index contributed by atoms with van der Waals surface area (Å²) in [6, 6.07) is 0. The van der Waals surface area contributed by atoms with Crippen LogP contribution >= 0.6 is 0 Å². The third-order valence-corrected chi connectivity index (χ3v) is 9.41. The fraction of sp³-hybridized carbons (Fsp3) is 1.00. The summed E-state index contributed by atoms with van der Waals surface area (Å²) in [5.74, 6) is 4.57. The Kier molecular flexibility index (Phi) is 5.20. The summed E-state index contributed by atoms with van der Waals surface area (Å²) in [6.45, 7) is 5.04. The van der Waals surface area contributed by atoms with Crippen molar-refractivity contribution in [1.82, 2.24) is 0 Å². The lowest BCUT2D eigenvalue weighted by Gasteiger charge is -2.61. The third-order valence-electron chi connectivity index (χ3n) is 9.41. The molecule has 4 saturated carbocycles. The average Bonchev–Trinajstić information content (AvgIpc) is 2.59. The quantitative estimate of drug-likeness (QED) is 0.780. The molecule has 150 valence electrons. The van der Waals surface area contributed by atoms with Gasteiger partial charge in [-0.3, -0.25) is 0 Å². The zero-order valence-electron chi connectivity index (χ0n) is 17.1. The Bertz CT molecular complexity index is 506. The van der Waals surface area contributed by atoms with Crippen LogP contribution in [0.3, 0.4) is 0 Å². The molecular formula is C23H40O3. The largest absolute Gasteiger partial charge is 0.393 e. The van der Waals surface area contributed by atoms with E-state index in [-0.39, 0.29) is 6.10 Å². The van der Waals surface area contributed by atoms with Gasteiger partial charge in [0.25, 0.3) is 0 Å². The second-order valence-electron chi connectivity index (χ2n) is 10.7. The van der Waals surface area contributed by atoms with Crippen molar-refractivity contribution < 1.29 is 14.9 Å². The highest BCUT2D eigenvalue weighted by molar-refractivity contribution is 5.06. The first kappa shape index (κ1) is 19.2. The number of ether oxygens (including phenoxy) is 1. The monoisotopic (exact) mass is 364 g/mol. The van der Waals surface area contributed by atoms with E-state index < -0.39 is 5.60 Å². The summed E-state index contributed by atoms with van der Waals surface area (Å²) >= 11 is 0. The highest BCUT2D eigenvalue weighted by atomic mass is 16.5. The SMILES string of the molecule is COC[C@@]1(O)CC[C@H]2[C@@H](CC[C@@H]3[C@@H]2CC[C@]2(C)[C@@H](C(C)O)CCC[C@@H]32)C1. The number of methoxy groups -OCH3 is 1. The van der Waals surface area contributed by atoms with Crippen LogP contribution < -0.4 is 0 Å². The molecule has 0 bridgehead atoms. The van der Waals surface area contributed by atoms with Crippen LogP contribution in [0.5, 0.6) is 0 Å². The third kappa shape index (κ3) is 3.06. The molecule has 0 saturated heterocycles. The number of hydrogen-bond acceptors (Lipinski definition) is 3. The Morgan fingerprint density at radius 2 is 1.77 bits per heavy atom. The minimum Gasteiger partial charge on any atom is -0.393 e. The Morgan fingerprint density at radius 3 is 2.50 bits per heavy atom. The molecule has 9 atom stereocenters. The zero-order chi connectivity index (χ0) is 18.5. The van der Waals surface area contributed by atoms with Gasteiger partial charge in [-0.05, 0) is 106 Å². The van der Waals surface area contributed by atoms with Crippen molar-refractivity contribution in [2.45, 2.75) is 89.8 Å². The first-order valence-corrected chi connectivity index (χ1v) is 11.3. The van der Waals surface area contributed by atoms with E-state index >= 15 is 0 Å². The maximum absolute atomic E-state index is 10.9. The molecule has 3 nitrogen and oxygen atoms in total. The second kappa shape index (κ2) is 7.04. The van der Waals surface area contributed by atoms with Crippen molar-refractivity contribution in [3.8, 4) is 0 Å². The van der Waals surface area contributed by atoms with Crippen molar-refractivity contribution in [3.63, 3.8) is 0 Å². The maximum Gasteiger partial charge on any atom is 0.0882 e. The number of aliphatic hydroxyl groups excluding tert-OH is 1. The van der Waals surface area contributed by atoms with Crippen LogP contribution in [0.25, 0.3) is 0 Å². The molecule has 4 aliphatic carbocycles. The van der Waals surface area contributed by atoms with Gasteiger partial charge in [0.2, 0.25) is 0 Å². The van der Waals surface area contributed by atoms with E-state index in [9.17, 15) is 10.2 Å². The molecule has 0 aromatic rings. The lowest BCUT2D eigenvalue weighted by molar-refractivity contribution is -0.151. The topological polar surface area (TPSA) is 49.7 Å². The molecule has 0 aliphatic heterocycles. The summed E-state index contributed by atoms with van der Waals surface area (Å²) < 4.78 is 5.32. The van der Waals surface area contributed by atoms with E-state index in [0.717, 1.165) is 36.5 Å². The van der Waals surface area contributed by atoms with E-state index in [1.54, 1.807) is 7.11 Å². The van der Waals surface area contributed by atoms with E-state index in [4.69, 9.17) is 4.74 Å². The van der Waals surface area contributed by atoms with Crippen molar-refractivity contribution >= 4 is 0 Å². The Hall–Kier alpha value is -0.120. The van der Waals surface area contributed by atoms with Crippen LogP contribution in [0.4, 0.5) is 0 Å². The molecule has 0 spiro atoms.